The van der Waals surface area contributed by atoms with E-state index in [1.807, 2.05) is 0 Å². The van der Waals surface area contributed by atoms with Crippen molar-refractivity contribution in [1.29, 1.82) is 0 Å². The van der Waals surface area contributed by atoms with E-state index in [4.69, 9.17) is 4.74 Å². The molecule has 2 amide bonds. The maximum atomic E-state index is 12.4. The molecular formula is C11H18ClN3O3. The highest BCUT2D eigenvalue weighted by molar-refractivity contribution is 6.10. The summed E-state index contributed by atoms with van der Waals surface area (Å²) in [6, 6.07) is 0. The van der Waals surface area contributed by atoms with Crippen molar-refractivity contribution in [1.82, 2.24) is 15.3 Å². The van der Waals surface area contributed by atoms with Crippen LogP contribution in [0.2, 0.25) is 0 Å². The second-order valence-electron chi connectivity index (χ2n) is 4.83. The standard InChI is InChI=1S/C11H17N3O3.ClH/c15-9-11(2-1-3-12-8-11)10(16)14-5-7-17-6-4-13(9)14;/h12H,1-8H2;1H. The highest BCUT2D eigenvalue weighted by atomic mass is 35.5. The summed E-state index contributed by atoms with van der Waals surface area (Å²) in [5.41, 5.74) is -0.824. The van der Waals surface area contributed by atoms with Crippen LogP contribution in [0.4, 0.5) is 0 Å². The number of hydrogen-bond donors (Lipinski definition) is 1. The minimum Gasteiger partial charge on any atom is -0.378 e. The third kappa shape index (κ3) is 1.79. The average molecular weight is 276 g/mol. The largest absolute Gasteiger partial charge is 0.378 e. The molecule has 0 bridgehead atoms. The molecule has 1 spiro atoms. The zero-order chi connectivity index (χ0) is 11.9. The molecule has 6 nitrogen and oxygen atoms in total. The second kappa shape index (κ2) is 5.03. The van der Waals surface area contributed by atoms with Gasteiger partial charge in [0.1, 0.15) is 5.41 Å². The monoisotopic (exact) mass is 275 g/mol. The van der Waals surface area contributed by atoms with Crippen molar-refractivity contribution in [2.45, 2.75) is 12.8 Å². The van der Waals surface area contributed by atoms with E-state index in [1.54, 1.807) is 10.0 Å². The first-order valence-electron chi connectivity index (χ1n) is 6.18. The van der Waals surface area contributed by atoms with Crippen molar-refractivity contribution in [2.24, 2.45) is 5.41 Å². The number of rotatable bonds is 0. The maximum Gasteiger partial charge on any atom is 0.258 e. The molecule has 0 aliphatic carbocycles. The fourth-order valence-electron chi connectivity index (χ4n) is 2.92. The van der Waals surface area contributed by atoms with Gasteiger partial charge in [0, 0.05) is 6.54 Å². The Balaban J connectivity index is 0.00000120. The van der Waals surface area contributed by atoms with Crippen LogP contribution in [-0.4, -0.2) is 61.2 Å². The SMILES string of the molecule is Cl.O=C1N2CCOCCN2C(=O)C12CCCNC2. The number of carbonyl (C=O) groups excluding carboxylic acids is 2. The summed E-state index contributed by atoms with van der Waals surface area (Å²) in [7, 11) is 0. The van der Waals surface area contributed by atoms with Gasteiger partial charge < -0.3 is 10.1 Å². The Labute approximate surface area is 112 Å². The molecule has 0 saturated carbocycles. The summed E-state index contributed by atoms with van der Waals surface area (Å²) in [6.45, 7) is 3.39. The van der Waals surface area contributed by atoms with Crippen LogP contribution in [0.1, 0.15) is 12.8 Å². The third-order valence-corrected chi connectivity index (χ3v) is 3.86. The Kier molecular flexibility index (Phi) is 3.79. The second-order valence-corrected chi connectivity index (χ2v) is 4.83. The lowest BCUT2D eigenvalue weighted by atomic mass is 9.80. The van der Waals surface area contributed by atoms with Gasteiger partial charge in [0.2, 0.25) is 0 Å². The lowest BCUT2D eigenvalue weighted by Gasteiger charge is -2.28. The summed E-state index contributed by atoms with van der Waals surface area (Å²) < 4.78 is 5.30. The molecule has 102 valence electrons. The number of ether oxygens (including phenoxy) is 1. The predicted octanol–water partition coefficient (Wildman–Crippen LogP) is -0.606. The minimum atomic E-state index is -0.824. The molecule has 0 aromatic heterocycles. The Morgan fingerprint density at radius 3 is 2.22 bits per heavy atom. The molecule has 3 heterocycles. The van der Waals surface area contributed by atoms with Gasteiger partial charge in [-0.25, -0.2) is 10.0 Å². The van der Waals surface area contributed by atoms with Crippen LogP contribution in [0.5, 0.6) is 0 Å². The number of halogens is 1. The van der Waals surface area contributed by atoms with Crippen LogP contribution in [0, 0.1) is 5.41 Å². The molecule has 18 heavy (non-hydrogen) atoms. The van der Waals surface area contributed by atoms with Crippen molar-refractivity contribution in [2.75, 3.05) is 39.4 Å². The highest BCUT2D eigenvalue weighted by Gasteiger charge is 2.58. The number of piperidine rings is 1. The van der Waals surface area contributed by atoms with E-state index in [0.29, 0.717) is 39.3 Å². The zero-order valence-electron chi connectivity index (χ0n) is 10.2. The molecule has 3 fully saturated rings. The lowest BCUT2D eigenvalue weighted by Crippen LogP contribution is -2.49. The number of fused-ring (bicyclic) bond motifs is 1. The molecule has 0 radical (unpaired) electrons. The molecule has 0 aromatic rings. The average Bonchev–Trinajstić information content (AvgIpc) is 2.59. The van der Waals surface area contributed by atoms with Crippen molar-refractivity contribution in [3.8, 4) is 0 Å². The first-order valence-corrected chi connectivity index (χ1v) is 6.18. The van der Waals surface area contributed by atoms with Crippen molar-refractivity contribution in [3.05, 3.63) is 0 Å². The number of hydrogen-bond acceptors (Lipinski definition) is 4. The number of hydrazine groups is 1. The summed E-state index contributed by atoms with van der Waals surface area (Å²) in [5, 5.41) is 6.35. The third-order valence-electron chi connectivity index (χ3n) is 3.86. The fraction of sp³-hybridized carbons (Fsp3) is 0.818. The normalized spacial score (nSPS) is 26.9. The van der Waals surface area contributed by atoms with E-state index >= 15 is 0 Å². The number of amides is 2. The summed E-state index contributed by atoms with van der Waals surface area (Å²) in [4.78, 5) is 24.9. The number of nitrogens with zero attached hydrogens (tertiary/aromatic N) is 2. The molecule has 3 aliphatic heterocycles. The van der Waals surface area contributed by atoms with Gasteiger partial charge in [-0.15, -0.1) is 12.4 Å². The summed E-state index contributed by atoms with van der Waals surface area (Å²) in [6.07, 6.45) is 1.56. The summed E-state index contributed by atoms with van der Waals surface area (Å²) >= 11 is 0. The number of nitrogens with one attached hydrogen (secondary N) is 1. The molecule has 3 saturated heterocycles. The van der Waals surface area contributed by atoms with E-state index in [2.05, 4.69) is 5.32 Å². The fourth-order valence-corrected chi connectivity index (χ4v) is 2.92. The van der Waals surface area contributed by atoms with Gasteiger partial charge in [-0.3, -0.25) is 9.59 Å². The molecule has 1 N–H and O–H groups in total. The molecule has 7 heteroatoms. The van der Waals surface area contributed by atoms with E-state index in [0.717, 1.165) is 13.0 Å². The molecule has 3 rings (SSSR count). The van der Waals surface area contributed by atoms with Crippen LogP contribution in [0.15, 0.2) is 0 Å². The Morgan fingerprint density at radius 1 is 1.11 bits per heavy atom. The first-order chi connectivity index (χ1) is 8.26. The Bertz CT molecular complexity index is 331. The molecule has 0 unspecified atom stereocenters. The Hall–Kier alpha value is -0.850. The quantitative estimate of drug-likeness (QED) is 0.600. The first kappa shape index (κ1) is 13.6. The minimum absolute atomic E-state index is 0. The van der Waals surface area contributed by atoms with Gasteiger partial charge >= 0.3 is 0 Å². The van der Waals surface area contributed by atoms with Crippen molar-refractivity contribution in [3.63, 3.8) is 0 Å². The van der Waals surface area contributed by atoms with E-state index in [-0.39, 0.29) is 24.2 Å². The Morgan fingerprint density at radius 2 is 1.72 bits per heavy atom. The highest BCUT2D eigenvalue weighted by Crippen LogP contribution is 2.37. The van der Waals surface area contributed by atoms with E-state index in [1.165, 1.54) is 0 Å². The smallest absolute Gasteiger partial charge is 0.258 e. The van der Waals surface area contributed by atoms with E-state index < -0.39 is 5.41 Å². The van der Waals surface area contributed by atoms with Crippen LogP contribution in [-0.2, 0) is 14.3 Å². The summed E-state index contributed by atoms with van der Waals surface area (Å²) in [5.74, 6) is -0.0830. The van der Waals surface area contributed by atoms with Gasteiger partial charge in [0.05, 0.1) is 26.3 Å². The van der Waals surface area contributed by atoms with Crippen LogP contribution in [0.25, 0.3) is 0 Å². The van der Waals surface area contributed by atoms with Crippen LogP contribution in [0.3, 0.4) is 0 Å². The predicted molar refractivity (Wildman–Crippen MR) is 66.0 cm³/mol. The van der Waals surface area contributed by atoms with Crippen LogP contribution >= 0.6 is 12.4 Å². The van der Waals surface area contributed by atoms with Crippen LogP contribution < -0.4 is 5.32 Å². The van der Waals surface area contributed by atoms with Gasteiger partial charge in [-0.2, -0.15) is 0 Å². The maximum absolute atomic E-state index is 12.4. The molecule has 0 atom stereocenters. The molecule has 0 aromatic carbocycles. The van der Waals surface area contributed by atoms with Gasteiger partial charge in [-0.1, -0.05) is 0 Å². The van der Waals surface area contributed by atoms with E-state index in [9.17, 15) is 9.59 Å². The van der Waals surface area contributed by atoms with Gasteiger partial charge in [0.25, 0.3) is 11.8 Å². The van der Waals surface area contributed by atoms with Gasteiger partial charge in [0.15, 0.2) is 0 Å². The topological polar surface area (TPSA) is 61.9 Å². The van der Waals surface area contributed by atoms with Gasteiger partial charge in [-0.05, 0) is 19.4 Å². The number of carbonyl (C=O) groups is 2. The molecular weight excluding hydrogens is 258 g/mol. The van der Waals surface area contributed by atoms with Crippen molar-refractivity contribution >= 4 is 24.2 Å². The molecule has 3 aliphatic rings. The van der Waals surface area contributed by atoms with Crippen molar-refractivity contribution < 1.29 is 14.3 Å². The lowest BCUT2D eigenvalue weighted by molar-refractivity contribution is -0.145. The zero-order valence-corrected chi connectivity index (χ0v) is 11.0.